The van der Waals surface area contributed by atoms with Gasteiger partial charge < -0.3 is 9.57 Å². The molecule has 5 nitrogen and oxygen atoms in total. The van der Waals surface area contributed by atoms with Crippen LogP contribution in [0.25, 0.3) is 0 Å². The lowest BCUT2D eigenvalue weighted by Crippen LogP contribution is -2.33. The van der Waals surface area contributed by atoms with Crippen LogP contribution in [0.1, 0.15) is 20.3 Å². The third-order valence-corrected chi connectivity index (χ3v) is 1.29. The lowest BCUT2D eigenvalue weighted by molar-refractivity contribution is -0.174. The molecule has 0 aromatic rings. The van der Waals surface area contributed by atoms with E-state index in [1.54, 1.807) is 6.92 Å². The van der Waals surface area contributed by atoms with Crippen molar-refractivity contribution in [3.8, 4) is 0 Å². The maximum absolute atomic E-state index is 11.2. The molecule has 0 rings (SSSR count). The average molecular weight is 201 g/mol. The summed E-state index contributed by atoms with van der Waals surface area (Å²) in [6, 6.07) is 0. The molecule has 0 spiro atoms. The number of hydrogen-bond donors (Lipinski definition) is 0. The van der Waals surface area contributed by atoms with E-state index in [1.807, 2.05) is 6.92 Å². The largest absolute Gasteiger partial charge is 0.447 e. The van der Waals surface area contributed by atoms with Crippen molar-refractivity contribution in [1.82, 2.24) is 5.06 Å². The van der Waals surface area contributed by atoms with Crippen molar-refractivity contribution in [3.05, 3.63) is 12.7 Å². The van der Waals surface area contributed by atoms with E-state index in [1.165, 1.54) is 0 Å². The van der Waals surface area contributed by atoms with Crippen molar-refractivity contribution in [3.63, 3.8) is 0 Å². The molecule has 0 aromatic heterocycles. The fraction of sp³-hybridized carbons (Fsp3) is 0.556. The van der Waals surface area contributed by atoms with Gasteiger partial charge in [-0.25, -0.2) is 9.59 Å². The lowest BCUT2D eigenvalue weighted by Gasteiger charge is -2.17. The summed E-state index contributed by atoms with van der Waals surface area (Å²) in [7, 11) is 0. The SMILES string of the molecule is C=CC(=O)ON(CC)C(=O)OCCC. The summed E-state index contributed by atoms with van der Waals surface area (Å²) in [4.78, 5) is 26.6. The molecule has 0 bridgehead atoms. The van der Waals surface area contributed by atoms with E-state index in [-0.39, 0.29) is 6.54 Å². The van der Waals surface area contributed by atoms with E-state index in [0.29, 0.717) is 6.61 Å². The minimum Gasteiger partial charge on any atom is -0.447 e. The summed E-state index contributed by atoms with van der Waals surface area (Å²) < 4.78 is 4.77. The quantitative estimate of drug-likeness (QED) is 0.511. The van der Waals surface area contributed by atoms with Crippen LogP contribution in [0.5, 0.6) is 0 Å². The van der Waals surface area contributed by atoms with E-state index in [9.17, 15) is 9.59 Å². The van der Waals surface area contributed by atoms with Gasteiger partial charge in [-0.05, 0) is 13.3 Å². The minimum atomic E-state index is -0.680. The Morgan fingerprint density at radius 2 is 2.07 bits per heavy atom. The highest BCUT2D eigenvalue weighted by molar-refractivity contribution is 5.82. The van der Waals surface area contributed by atoms with Gasteiger partial charge in [0.1, 0.15) is 0 Å². The zero-order valence-corrected chi connectivity index (χ0v) is 8.49. The Hall–Kier alpha value is -1.52. The molecule has 0 unspecified atom stereocenters. The van der Waals surface area contributed by atoms with E-state index < -0.39 is 12.1 Å². The number of ether oxygens (including phenoxy) is 1. The van der Waals surface area contributed by atoms with Crippen LogP contribution in [-0.2, 0) is 14.4 Å². The molecule has 0 N–H and O–H groups in total. The van der Waals surface area contributed by atoms with Crippen molar-refractivity contribution < 1.29 is 19.2 Å². The van der Waals surface area contributed by atoms with Gasteiger partial charge in [-0.2, -0.15) is 0 Å². The van der Waals surface area contributed by atoms with Crippen molar-refractivity contribution in [2.45, 2.75) is 20.3 Å². The second-order valence-electron chi connectivity index (χ2n) is 2.42. The Labute approximate surface area is 83.2 Å². The molecule has 0 radical (unpaired) electrons. The standard InChI is InChI=1S/C9H15NO4/c1-4-7-13-9(12)10(6-3)14-8(11)5-2/h5H,2,4,6-7H2,1,3H3. The molecule has 5 heteroatoms. The lowest BCUT2D eigenvalue weighted by atomic mass is 10.5. The van der Waals surface area contributed by atoms with Gasteiger partial charge in [0.15, 0.2) is 0 Å². The molecule has 0 aliphatic heterocycles. The van der Waals surface area contributed by atoms with Crippen molar-refractivity contribution in [2.24, 2.45) is 0 Å². The zero-order chi connectivity index (χ0) is 11.0. The minimum absolute atomic E-state index is 0.238. The molecule has 80 valence electrons. The fourth-order valence-corrected chi connectivity index (χ4v) is 0.638. The Balaban J connectivity index is 4.05. The molecule has 0 atom stereocenters. The molecular weight excluding hydrogens is 186 g/mol. The summed E-state index contributed by atoms with van der Waals surface area (Å²) >= 11 is 0. The Kier molecular flexibility index (Phi) is 6.19. The van der Waals surface area contributed by atoms with Gasteiger partial charge in [-0.15, -0.1) is 5.06 Å². The van der Waals surface area contributed by atoms with Crippen LogP contribution >= 0.6 is 0 Å². The number of hydroxylamine groups is 2. The number of carbonyl (C=O) groups is 2. The first-order chi connectivity index (χ1) is 6.65. The summed E-state index contributed by atoms with van der Waals surface area (Å²) in [6.45, 7) is 7.31. The van der Waals surface area contributed by atoms with Crippen LogP contribution in [0.4, 0.5) is 4.79 Å². The number of nitrogens with zero attached hydrogens (tertiary/aromatic N) is 1. The summed E-state index contributed by atoms with van der Waals surface area (Å²) in [5.74, 6) is -0.680. The van der Waals surface area contributed by atoms with Crippen LogP contribution in [0.2, 0.25) is 0 Å². The van der Waals surface area contributed by atoms with Crippen LogP contribution in [0, 0.1) is 0 Å². The normalized spacial score (nSPS) is 9.00. The topological polar surface area (TPSA) is 55.8 Å². The number of hydrogen-bond acceptors (Lipinski definition) is 4. The van der Waals surface area contributed by atoms with Gasteiger partial charge in [0, 0.05) is 6.08 Å². The zero-order valence-electron chi connectivity index (χ0n) is 8.49. The summed E-state index contributed by atoms with van der Waals surface area (Å²) in [5, 5.41) is 0.847. The number of rotatable bonds is 4. The maximum atomic E-state index is 11.2. The molecule has 0 fully saturated rings. The van der Waals surface area contributed by atoms with E-state index >= 15 is 0 Å². The van der Waals surface area contributed by atoms with Gasteiger partial charge >= 0.3 is 12.1 Å². The Morgan fingerprint density at radius 3 is 2.50 bits per heavy atom. The highest BCUT2D eigenvalue weighted by Crippen LogP contribution is 1.97. The van der Waals surface area contributed by atoms with Gasteiger partial charge in [0.05, 0.1) is 13.2 Å². The van der Waals surface area contributed by atoms with Crippen LogP contribution < -0.4 is 0 Å². The second kappa shape index (κ2) is 6.94. The third-order valence-electron chi connectivity index (χ3n) is 1.29. The van der Waals surface area contributed by atoms with Gasteiger partial charge in [-0.1, -0.05) is 13.5 Å². The number of amides is 1. The predicted molar refractivity (Wildman–Crippen MR) is 50.3 cm³/mol. The predicted octanol–water partition coefficient (Wildman–Crippen LogP) is 1.50. The second-order valence-corrected chi connectivity index (χ2v) is 2.42. The molecule has 0 aromatic carbocycles. The molecule has 0 saturated heterocycles. The van der Waals surface area contributed by atoms with Crippen molar-refractivity contribution >= 4 is 12.1 Å². The Bertz CT molecular complexity index is 215. The van der Waals surface area contributed by atoms with Crippen molar-refractivity contribution in [1.29, 1.82) is 0 Å². The first-order valence-electron chi connectivity index (χ1n) is 4.44. The van der Waals surface area contributed by atoms with E-state index in [2.05, 4.69) is 11.4 Å². The molecule has 14 heavy (non-hydrogen) atoms. The van der Waals surface area contributed by atoms with Crippen LogP contribution in [0.3, 0.4) is 0 Å². The highest BCUT2D eigenvalue weighted by atomic mass is 16.7. The Morgan fingerprint density at radius 1 is 1.43 bits per heavy atom. The van der Waals surface area contributed by atoms with Gasteiger partial charge in [0.2, 0.25) is 0 Å². The van der Waals surface area contributed by atoms with Crippen LogP contribution in [0.15, 0.2) is 12.7 Å². The number of carbonyl (C=O) groups excluding carboxylic acids is 2. The third kappa shape index (κ3) is 4.49. The van der Waals surface area contributed by atoms with Crippen LogP contribution in [-0.4, -0.2) is 30.3 Å². The van der Waals surface area contributed by atoms with Gasteiger partial charge in [0.25, 0.3) is 0 Å². The average Bonchev–Trinajstić information content (AvgIpc) is 2.21. The molecule has 0 aliphatic carbocycles. The summed E-state index contributed by atoms with van der Waals surface area (Å²) in [6.07, 6.45) is 1.04. The first-order valence-corrected chi connectivity index (χ1v) is 4.44. The maximum Gasteiger partial charge on any atom is 0.443 e. The smallest absolute Gasteiger partial charge is 0.443 e. The van der Waals surface area contributed by atoms with Gasteiger partial charge in [-0.3, -0.25) is 0 Å². The molecule has 0 heterocycles. The monoisotopic (exact) mass is 201 g/mol. The molecule has 0 saturated carbocycles. The first kappa shape index (κ1) is 12.5. The van der Waals surface area contributed by atoms with E-state index in [0.717, 1.165) is 17.6 Å². The van der Waals surface area contributed by atoms with E-state index in [4.69, 9.17) is 4.74 Å². The summed E-state index contributed by atoms with van der Waals surface area (Å²) in [5.41, 5.74) is 0. The highest BCUT2D eigenvalue weighted by Gasteiger charge is 2.16. The van der Waals surface area contributed by atoms with Crippen molar-refractivity contribution in [2.75, 3.05) is 13.2 Å². The fourth-order valence-electron chi connectivity index (χ4n) is 0.638. The molecular formula is C9H15NO4. The molecule has 0 aliphatic rings. The molecule has 1 amide bonds.